The number of esters is 1. The van der Waals surface area contributed by atoms with E-state index >= 15 is 0 Å². The summed E-state index contributed by atoms with van der Waals surface area (Å²) in [7, 11) is 1.25. The van der Waals surface area contributed by atoms with E-state index in [-0.39, 0.29) is 22.4 Å². The molecule has 2 aromatic carbocycles. The normalized spacial score (nSPS) is 19.6. The van der Waals surface area contributed by atoms with Crippen molar-refractivity contribution in [1.29, 1.82) is 0 Å². The van der Waals surface area contributed by atoms with Gasteiger partial charge >= 0.3 is 12.1 Å². The molecule has 0 radical (unpaired) electrons. The summed E-state index contributed by atoms with van der Waals surface area (Å²) in [5.74, 6) is -1.12. The van der Waals surface area contributed by atoms with Crippen LogP contribution in [-0.4, -0.2) is 25.5 Å². The van der Waals surface area contributed by atoms with Gasteiger partial charge in [-0.15, -0.1) is 0 Å². The molecule has 0 aliphatic carbocycles. The predicted octanol–water partition coefficient (Wildman–Crippen LogP) is 3.48. The zero-order valence-electron chi connectivity index (χ0n) is 12.4. The fourth-order valence-corrected chi connectivity index (χ4v) is 2.84. The minimum atomic E-state index is -4.91. The lowest BCUT2D eigenvalue weighted by Gasteiger charge is -2.31. The molecule has 0 saturated heterocycles. The van der Waals surface area contributed by atoms with Crippen molar-refractivity contribution in [3.05, 3.63) is 64.7 Å². The number of cyclic esters (lactones) is 1. The van der Waals surface area contributed by atoms with Crippen LogP contribution >= 0.6 is 0 Å². The molecule has 0 amide bonds. The maximum Gasteiger partial charge on any atom is 0.437 e. The number of aldehydes is 1. The van der Waals surface area contributed by atoms with E-state index in [9.17, 15) is 22.8 Å². The van der Waals surface area contributed by atoms with E-state index in [0.29, 0.717) is 6.29 Å². The van der Waals surface area contributed by atoms with Gasteiger partial charge < -0.3 is 9.47 Å². The van der Waals surface area contributed by atoms with E-state index in [1.807, 2.05) is 0 Å². The first kappa shape index (κ1) is 16.0. The smallest absolute Gasteiger partial charge is 0.437 e. The number of halogens is 3. The molecule has 0 aromatic heterocycles. The summed E-state index contributed by atoms with van der Waals surface area (Å²) in [6.07, 6.45) is -4.54. The molecule has 124 valence electrons. The van der Waals surface area contributed by atoms with Crippen molar-refractivity contribution < 1.29 is 32.2 Å². The summed E-state index contributed by atoms with van der Waals surface area (Å²) in [6.45, 7) is 0. The average Bonchev–Trinajstić information content (AvgIpc) is 2.87. The van der Waals surface area contributed by atoms with Crippen molar-refractivity contribution in [2.75, 3.05) is 7.11 Å². The van der Waals surface area contributed by atoms with Gasteiger partial charge in [-0.3, -0.25) is 4.79 Å². The van der Waals surface area contributed by atoms with E-state index in [1.165, 1.54) is 31.4 Å². The molecule has 4 nitrogen and oxygen atoms in total. The predicted molar refractivity (Wildman–Crippen MR) is 77.1 cm³/mol. The molecule has 0 fully saturated rings. The minimum absolute atomic E-state index is 0.00624. The Labute approximate surface area is 134 Å². The monoisotopic (exact) mass is 336 g/mol. The molecule has 7 heteroatoms. The van der Waals surface area contributed by atoms with Crippen molar-refractivity contribution in [3.8, 4) is 5.75 Å². The van der Waals surface area contributed by atoms with Gasteiger partial charge in [0.25, 0.3) is 5.60 Å². The number of methoxy groups -OCH3 is 1. The Morgan fingerprint density at radius 1 is 1.17 bits per heavy atom. The Bertz CT molecular complexity index is 815. The molecule has 1 heterocycles. The number of hydrogen-bond donors (Lipinski definition) is 0. The van der Waals surface area contributed by atoms with Crippen LogP contribution in [0.4, 0.5) is 13.2 Å². The third-order valence-electron chi connectivity index (χ3n) is 3.92. The molecule has 1 unspecified atom stereocenters. The Hall–Kier alpha value is -2.83. The first-order chi connectivity index (χ1) is 11.3. The number of carbonyl (C=O) groups is 2. The number of alkyl halides is 3. The zero-order valence-corrected chi connectivity index (χ0v) is 12.4. The van der Waals surface area contributed by atoms with Crippen molar-refractivity contribution >= 4 is 12.3 Å². The highest BCUT2D eigenvalue weighted by atomic mass is 19.4. The summed E-state index contributed by atoms with van der Waals surface area (Å²) in [4.78, 5) is 23.3. The summed E-state index contributed by atoms with van der Waals surface area (Å²) in [6, 6.07) is 8.92. The van der Waals surface area contributed by atoms with E-state index in [2.05, 4.69) is 0 Å². The number of ether oxygens (including phenoxy) is 2. The maximum absolute atomic E-state index is 14.0. The Kier molecular flexibility index (Phi) is 3.59. The van der Waals surface area contributed by atoms with Gasteiger partial charge in [-0.05, 0) is 12.1 Å². The fourth-order valence-electron chi connectivity index (χ4n) is 2.84. The van der Waals surface area contributed by atoms with Gasteiger partial charge in [0.15, 0.2) is 6.29 Å². The average molecular weight is 336 g/mol. The fraction of sp³-hybridized carbons (Fsp3) is 0.176. The van der Waals surface area contributed by atoms with Gasteiger partial charge in [0.05, 0.1) is 18.2 Å². The molecule has 0 saturated carbocycles. The summed E-state index contributed by atoms with van der Waals surface area (Å²) >= 11 is 0. The molecule has 1 atom stereocenters. The van der Waals surface area contributed by atoms with E-state index in [4.69, 9.17) is 9.47 Å². The second-order valence-corrected chi connectivity index (χ2v) is 5.19. The molecule has 0 N–H and O–H groups in total. The highest BCUT2D eigenvalue weighted by Crippen LogP contribution is 2.53. The lowest BCUT2D eigenvalue weighted by atomic mass is 9.84. The van der Waals surface area contributed by atoms with Crippen molar-refractivity contribution in [3.63, 3.8) is 0 Å². The first-order valence-electron chi connectivity index (χ1n) is 6.88. The van der Waals surface area contributed by atoms with Gasteiger partial charge in [0.1, 0.15) is 5.75 Å². The van der Waals surface area contributed by atoms with Gasteiger partial charge in [-0.25, -0.2) is 4.79 Å². The van der Waals surface area contributed by atoms with Gasteiger partial charge in [-0.1, -0.05) is 30.3 Å². The van der Waals surface area contributed by atoms with Crippen LogP contribution < -0.4 is 4.74 Å². The second kappa shape index (κ2) is 5.36. The number of hydrogen-bond acceptors (Lipinski definition) is 4. The molecular weight excluding hydrogens is 325 g/mol. The minimum Gasteiger partial charge on any atom is -0.496 e. The zero-order chi connectivity index (χ0) is 17.5. The Balaban J connectivity index is 2.37. The van der Waals surface area contributed by atoms with E-state index in [1.54, 1.807) is 6.07 Å². The van der Waals surface area contributed by atoms with Gasteiger partial charge in [0, 0.05) is 11.1 Å². The highest BCUT2D eigenvalue weighted by molar-refractivity contribution is 5.98. The van der Waals surface area contributed by atoms with Crippen LogP contribution in [0.5, 0.6) is 5.75 Å². The molecule has 24 heavy (non-hydrogen) atoms. The first-order valence-corrected chi connectivity index (χ1v) is 6.88. The van der Waals surface area contributed by atoms with Crippen molar-refractivity contribution in [2.45, 2.75) is 11.8 Å². The summed E-state index contributed by atoms with van der Waals surface area (Å²) < 4.78 is 51.7. The molecule has 0 bridgehead atoms. The lowest BCUT2D eigenvalue weighted by Crippen LogP contribution is -2.43. The Morgan fingerprint density at radius 2 is 1.83 bits per heavy atom. The number of rotatable bonds is 3. The standard InChI is InChI=1S/C17H11F3O4/c1-23-14-8-12-13(7-10(14)9-21)16(17(18,19)20,24-15(12)22)11-5-3-2-4-6-11/h2-9H,1H3. The lowest BCUT2D eigenvalue weighted by molar-refractivity contribution is -0.243. The molecule has 1 aliphatic rings. The van der Waals surface area contributed by atoms with Gasteiger partial charge in [0.2, 0.25) is 0 Å². The number of benzene rings is 2. The van der Waals surface area contributed by atoms with Crippen molar-refractivity contribution in [1.82, 2.24) is 0 Å². The maximum atomic E-state index is 14.0. The quantitative estimate of drug-likeness (QED) is 0.636. The number of carbonyl (C=O) groups excluding carboxylic acids is 2. The Morgan fingerprint density at radius 3 is 2.38 bits per heavy atom. The summed E-state index contributed by atoms with van der Waals surface area (Å²) in [5, 5.41) is 0. The van der Waals surface area contributed by atoms with Crippen LogP contribution in [0.1, 0.15) is 31.8 Å². The third-order valence-corrected chi connectivity index (χ3v) is 3.92. The van der Waals surface area contributed by atoms with Crippen molar-refractivity contribution in [2.24, 2.45) is 0 Å². The largest absolute Gasteiger partial charge is 0.496 e. The molecule has 2 aromatic rings. The highest BCUT2D eigenvalue weighted by Gasteiger charge is 2.65. The SMILES string of the molecule is COc1cc2c(cc1C=O)C(c1ccccc1)(C(F)(F)F)OC2=O. The molecule has 3 rings (SSSR count). The van der Waals surface area contributed by atoms with Crippen LogP contribution in [0.25, 0.3) is 0 Å². The summed E-state index contributed by atoms with van der Waals surface area (Å²) in [5.41, 5.74) is -4.00. The van der Waals surface area contributed by atoms with Crippen LogP contribution in [0, 0.1) is 0 Å². The van der Waals surface area contributed by atoms with Gasteiger partial charge in [-0.2, -0.15) is 13.2 Å². The van der Waals surface area contributed by atoms with E-state index in [0.717, 1.165) is 12.1 Å². The topological polar surface area (TPSA) is 52.6 Å². The van der Waals surface area contributed by atoms with Crippen LogP contribution in [-0.2, 0) is 10.3 Å². The molecule has 1 aliphatic heterocycles. The van der Waals surface area contributed by atoms with E-state index < -0.39 is 23.3 Å². The molecule has 0 spiro atoms. The van der Waals surface area contributed by atoms with Crippen LogP contribution in [0.3, 0.4) is 0 Å². The second-order valence-electron chi connectivity index (χ2n) is 5.19. The number of fused-ring (bicyclic) bond motifs is 1. The van der Waals surface area contributed by atoms with Crippen LogP contribution in [0.2, 0.25) is 0 Å². The third kappa shape index (κ3) is 2.08. The van der Waals surface area contributed by atoms with Crippen LogP contribution in [0.15, 0.2) is 42.5 Å². The molecular formula is C17H11F3O4.